The molecule has 3 nitrogen and oxygen atoms in total. The predicted molar refractivity (Wildman–Crippen MR) is 80.5 cm³/mol. The third-order valence-corrected chi connectivity index (χ3v) is 4.17. The Labute approximate surface area is 122 Å². The lowest BCUT2D eigenvalue weighted by Gasteiger charge is -2.22. The van der Waals surface area contributed by atoms with E-state index in [4.69, 9.17) is 0 Å². The minimum Gasteiger partial charge on any atom is -0.368 e. The van der Waals surface area contributed by atoms with Gasteiger partial charge in [-0.25, -0.2) is 9.37 Å². The van der Waals surface area contributed by atoms with Crippen LogP contribution >= 0.6 is 11.3 Å². The number of nitrogens with zero attached hydrogens (tertiary/aromatic N) is 2. The standard InChI is InChI=1S/C15H18FN3S/c1-19(8-12-9-20-10-18-12)15-4-2-3-14(16)13(15)7-17-11-5-6-11/h2-4,9-11,17H,5-8H2,1H3. The summed E-state index contributed by atoms with van der Waals surface area (Å²) in [5, 5.41) is 5.41. The molecule has 20 heavy (non-hydrogen) atoms. The third kappa shape index (κ3) is 3.16. The summed E-state index contributed by atoms with van der Waals surface area (Å²) in [6, 6.07) is 5.85. The van der Waals surface area contributed by atoms with Gasteiger partial charge in [-0.15, -0.1) is 11.3 Å². The van der Waals surface area contributed by atoms with Gasteiger partial charge in [-0.1, -0.05) is 6.07 Å². The molecule has 2 aromatic rings. The Balaban J connectivity index is 1.77. The van der Waals surface area contributed by atoms with Gasteiger partial charge in [0.25, 0.3) is 0 Å². The first-order valence-electron chi connectivity index (χ1n) is 6.83. The van der Waals surface area contributed by atoms with Crippen molar-refractivity contribution in [2.24, 2.45) is 0 Å². The van der Waals surface area contributed by atoms with E-state index in [-0.39, 0.29) is 5.82 Å². The SMILES string of the molecule is CN(Cc1cscn1)c1cccc(F)c1CNC1CC1. The average molecular weight is 291 g/mol. The van der Waals surface area contributed by atoms with Crippen molar-refractivity contribution in [1.29, 1.82) is 0 Å². The van der Waals surface area contributed by atoms with Gasteiger partial charge in [0.2, 0.25) is 0 Å². The number of rotatable bonds is 6. The molecule has 1 saturated carbocycles. The highest BCUT2D eigenvalue weighted by Gasteiger charge is 2.22. The molecule has 0 radical (unpaired) electrons. The van der Waals surface area contributed by atoms with Crippen LogP contribution in [0.2, 0.25) is 0 Å². The molecule has 1 aromatic heterocycles. The van der Waals surface area contributed by atoms with Crippen molar-refractivity contribution in [1.82, 2.24) is 10.3 Å². The summed E-state index contributed by atoms with van der Waals surface area (Å²) in [5.74, 6) is -0.138. The van der Waals surface area contributed by atoms with E-state index in [1.807, 2.05) is 24.0 Å². The van der Waals surface area contributed by atoms with Gasteiger partial charge < -0.3 is 10.2 Å². The molecule has 0 amide bonds. The van der Waals surface area contributed by atoms with Gasteiger partial charge in [0.05, 0.1) is 17.7 Å². The molecule has 0 spiro atoms. The molecular formula is C15H18FN3S. The van der Waals surface area contributed by atoms with E-state index in [1.54, 1.807) is 17.4 Å². The molecule has 0 saturated heterocycles. The lowest BCUT2D eigenvalue weighted by atomic mass is 10.1. The van der Waals surface area contributed by atoms with E-state index in [0.29, 0.717) is 19.1 Å². The van der Waals surface area contributed by atoms with Crippen LogP contribution in [0.15, 0.2) is 29.1 Å². The highest BCUT2D eigenvalue weighted by Crippen LogP contribution is 2.26. The number of thiazole rings is 1. The molecule has 1 aliphatic carbocycles. The van der Waals surface area contributed by atoms with Crippen molar-refractivity contribution in [3.8, 4) is 0 Å². The quantitative estimate of drug-likeness (QED) is 0.886. The molecular weight excluding hydrogens is 273 g/mol. The zero-order valence-corrected chi connectivity index (χ0v) is 12.3. The molecule has 3 rings (SSSR count). The fourth-order valence-corrected chi connectivity index (χ4v) is 2.81. The summed E-state index contributed by atoms with van der Waals surface area (Å²) in [5.41, 5.74) is 4.52. The monoisotopic (exact) mass is 291 g/mol. The normalized spacial score (nSPS) is 14.5. The number of halogens is 1. The lowest BCUT2D eigenvalue weighted by molar-refractivity contribution is 0.585. The Morgan fingerprint density at radius 3 is 3.00 bits per heavy atom. The van der Waals surface area contributed by atoms with Gasteiger partial charge in [-0.05, 0) is 25.0 Å². The first-order valence-corrected chi connectivity index (χ1v) is 7.77. The minimum absolute atomic E-state index is 0.138. The summed E-state index contributed by atoms with van der Waals surface area (Å²) < 4.78 is 14.1. The van der Waals surface area contributed by atoms with Gasteiger partial charge in [0.15, 0.2) is 0 Å². The molecule has 106 valence electrons. The largest absolute Gasteiger partial charge is 0.368 e. The van der Waals surface area contributed by atoms with Crippen molar-refractivity contribution >= 4 is 17.0 Å². The maximum atomic E-state index is 14.1. The van der Waals surface area contributed by atoms with Crippen LogP contribution in [0.1, 0.15) is 24.1 Å². The Morgan fingerprint density at radius 1 is 1.45 bits per heavy atom. The van der Waals surface area contributed by atoms with Gasteiger partial charge >= 0.3 is 0 Å². The van der Waals surface area contributed by atoms with Crippen LogP contribution in [0.5, 0.6) is 0 Å². The van der Waals surface area contributed by atoms with Gasteiger partial charge in [0.1, 0.15) is 5.82 Å². The number of aromatic nitrogens is 1. The van der Waals surface area contributed by atoms with Crippen LogP contribution in [0, 0.1) is 5.82 Å². The van der Waals surface area contributed by atoms with E-state index in [1.165, 1.54) is 18.9 Å². The van der Waals surface area contributed by atoms with E-state index in [9.17, 15) is 4.39 Å². The number of anilines is 1. The summed E-state index contributed by atoms with van der Waals surface area (Å²) in [6.07, 6.45) is 2.41. The first-order chi connectivity index (χ1) is 9.74. The van der Waals surface area contributed by atoms with E-state index in [2.05, 4.69) is 15.2 Å². The fourth-order valence-electron chi connectivity index (χ4n) is 2.26. The smallest absolute Gasteiger partial charge is 0.129 e. The van der Waals surface area contributed by atoms with Crippen LogP contribution in [0.25, 0.3) is 0 Å². The second-order valence-corrected chi connectivity index (χ2v) is 5.95. The van der Waals surface area contributed by atoms with Gasteiger partial charge in [0, 0.05) is 36.3 Å². The predicted octanol–water partition coefficient (Wildman–Crippen LogP) is 3.17. The summed E-state index contributed by atoms with van der Waals surface area (Å²) in [7, 11) is 1.98. The zero-order valence-electron chi connectivity index (χ0n) is 11.5. The molecule has 0 aliphatic heterocycles. The van der Waals surface area contributed by atoms with Crippen LogP contribution in [-0.4, -0.2) is 18.1 Å². The molecule has 1 aromatic carbocycles. The highest BCUT2D eigenvalue weighted by atomic mass is 32.1. The van der Waals surface area contributed by atoms with E-state index in [0.717, 1.165) is 16.9 Å². The van der Waals surface area contributed by atoms with Crippen molar-refractivity contribution in [2.75, 3.05) is 11.9 Å². The fraction of sp³-hybridized carbons (Fsp3) is 0.400. The van der Waals surface area contributed by atoms with Crippen molar-refractivity contribution < 1.29 is 4.39 Å². The van der Waals surface area contributed by atoms with Gasteiger partial charge in [-0.3, -0.25) is 0 Å². The average Bonchev–Trinajstić information content (AvgIpc) is 3.13. The number of nitrogens with one attached hydrogen (secondary N) is 1. The molecule has 0 atom stereocenters. The third-order valence-electron chi connectivity index (χ3n) is 3.53. The maximum absolute atomic E-state index is 14.1. The maximum Gasteiger partial charge on any atom is 0.129 e. The van der Waals surface area contributed by atoms with Gasteiger partial charge in [-0.2, -0.15) is 0 Å². The summed E-state index contributed by atoms with van der Waals surface area (Å²) >= 11 is 1.58. The number of hydrogen-bond acceptors (Lipinski definition) is 4. The molecule has 0 unspecified atom stereocenters. The van der Waals surface area contributed by atoms with E-state index >= 15 is 0 Å². The van der Waals surface area contributed by atoms with Crippen molar-refractivity contribution in [3.05, 3.63) is 46.2 Å². The highest BCUT2D eigenvalue weighted by molar-refractivity contribution is 7.07. The van der Waals surface area contributed by atoms with E-state index < -0.39 is 0 Å². The molecule has 5 heteroatoms. The minimum atomic E-state index is -0.138. The topological polar surface area (TPSA) is 28.2 Å². The molecule has 1 aliphatic rings. The second-order valence-electron chi connectivity index (χ2n) is 5.23. The van der Waals surface area contributed by atoms with Crippen LogP contribution < -0.4 is 10.2 Å². The number of hydrogen-bond donors (Lipinski definition) is 1. The Kier molecular flexibility index (Phi) is 3.98. The van der Waals surface area contributed by atoms with Crippen molar-refractivity contribution in [2.45, 2.75) is 32.0 Å². The Hall–Kier alpha value is -1.46. The Morgan fingerprint density at radius 2 is 2.30 bits per heavy atom. The number of benzene rings is 1. The second kappa shape index (κ2) is 5.89. The molecule has 1 N–H and O–H groups in total. The Bertz CT molecular complexity index is 567. The lowest BCUT2D eigenvalue weighted by Crippen LogP contribution is -2.22. The van der Waals surface area contributed by atoms with Crippen LogP contribution in [0.4, 0.5) is 10.1 Å². The molecule has 0 bridgehead atoms. The molecule has 1 heterocycles. The van der Waals surface area contributed by atoms with Crippen molar-refractivity contribution in [3.63, 3.8) is 0 Å². The molecule has 1 fully saturated rings. The van der Waals surface area contributed by atoms with Crippen LogP contribution in [-0.2, 0) is 13.1 Å². The summed E-state index contributed by atoms with van der Waals surface area (Å²) in [4.78, 5) is 6.34. The zero-order chi connectivity index (χ0) is 13.9. The first kappa shape index (κ1) is 13.5. The summed E-state index contributed by atoms with van der Waals surface area (Å²) in [6.45, 7) is 1.29. The van der Waals surface area contributed by atoms with Crippen LogP contribution in [0.3, 0.4) is 0 Å².